The Hall–Kier alpha value is -2.69. The van der Waals surface area contributed by atoms with Crippen LogP contribution in [0.15, 0.2) is 53.1 Å². The molecule has 3 nitrogen and oxygen atoms in total. The number of rotatable bonds is 2. The van der Waals surface area contributed by atoms with Gasteiger partial charge in [0, 0.05) is 5.56 Å². The van der Waals surface area contributed by atoms with Crippen LogP contribution in [0.5, 0.6) is 0 Å². The van der Waals surface area contributed by atoms with E-state index < -0.39 is 11.6 Å². The van der Waals surface area contributed by atoms with Gasteiger partial charge in [0.05, 0.1) is 5.56 Å². The first-order chi connectivity index (χ1) is 9.66. The molecule has 2 aromatic carbocycles. The molecule has 2 N–H and O–H groups in total. The summed E-state index contributed by atoms with van der Waals surface area (Å²) in [5, 5.41) is 3.79. The molecule has 0 aliphatic carbocycles. The predicted molar refractivity (Wildman–Crippen MR) is 71.7 cm³/mol. The van der Waals surface area contributed by atoms with Crippen molar-refractivity contribution in [2.75, 3.05) is 5.73 Å². The molecule has 1 heterocycles. The van der Waals surface area contributed by atoms with Crippen LogP contribution in [0.25, 0.3) is 22.4 Å². The largest absolute Gasteiger partial charge is 0.367 e. The number of aromatic nitrogens is 1. The monoisotopic (exact) mass is 272 g/mol. The Morgan fingerprint density at radius 1 is 1.00 bits per heavy atom. The minimum Gasteiger partial charge on any atom is -0.367 e. The third kappa shape index (κ3) is 2.03. The first kappa shape index (κ1) is 12.3. The number of benzene rings is 2. The normalized spacial score (nSPS) is 10.7. The third-order valence-electron chi connectivity index (χ3n) is 2.96. The molecule has 0 saturated carbocycles. The number of hydrogen-bond acceptors (Lipinski definition) is 3. The van der Waals surface area contributed by atoms with Gasteiger partial charge in [-0.1, -0.05) is 29.4 Å². The van der Waals surface area contributed by atoms with Gasteiger partial charge in [0.15, 0.2) is 0 Å². The van der Waals surface area contributed by atoms with Crippen molar-refractivity contribution < 1.29 is 13.3 Å². The first-order valence-corrected chi connectivity index (χ1v) is 5.93. The van der Waals surface area contributed by atoms with E-state index in [0.717, 1.165) is 0 Å². The van der Waals surface area contributed by atoms with Crippen LogP contribution in [0.2, 0.25) is 0 Å². The quantitative estimate of drug-likeness (QED) is 0.770. The van der Waals surface area contributed by atoms with E-state index in [-0.39, 0.29) is 17.1 Å². The molecular formula is C15H10F2N2O. The standard InChI is InChI=1S/C15H10F2N2O/c16-10-5-3-4-9(8-10)13-14(19-20-15(13)18)11-6-1-2-7-12(11)17/h1-8H,18H2. The van der Waals surface area contributed by atoms with E-state index in [2.05, 4.69) is 5.16 Å². The summed E-state index contributed by atoms with van der Waals surface area (Å²) in [4.78, 5) is 0. The van der Waals surface area contributed by atoms with Crippen molar-refractivity contribution in [2.24, 2.45) is 0 Å². The number of anilines is 1. The van der Waals surface area contributed by atoms with E-state index in [9.17, 15) is 8.78 Å². The van der Waals surface area contributed by atoms with E-state index in [1.165, 1.54) is 18.2 Å². The minimum atomic E-state index is -0.446. The van der Waals surface area contributed by atoms with E-state index in [1.54, 1.807) is 30.3 Å². The second-order valence-electron chi connectivity index (χ2n) is 4.26. The second kappa shape index (κ2) is 4.77. The van der Waals surface area contributed by atoms with Crippen LogP contribution in [-0.2, 0) is 0 Å². The van der Waals surface area contributed by atoms with Crippen LogP contribution in [0.1, 0.15) is 0 Å². The molecule has 0 spiro atoms. The lowest BCUT2D eigenvalue weighted by Crippen LogP contribution is -1.90. The third-order valence-corrected chi connectivity index (χ3v) is 2.96. The fourth-order valence-electron chi connectivity index (χ4n) is 2.06. The Kier molecular flexibility index (Phi) is 2.95. The summed E-state index contributed by atoms with van der Waals surface area (Å²) in [5.74, 6) is -0.838. The van der Waals surface area contributed by atoms with Crippen molar-refractivity contribution in [1.82, 2.24) is 5.16 Å². The van der Waals surface area contributed by atoms with Crippen LogP contribution in [0.4, 0.5) is 14.7 Å². The predicted octanol–water partition coefficient (Wildman–Crippen LogP) is 3.87. The van der Waals surface area contributed by atoms with Crippen LogP contribution >= 0.6 is 0 Å². The van der Waals surface area contributed by atoms with Crippen molar-refractivity contribution in [3.8, 4) is 22.4 Å². The Morgan fingerprint density at radius 3 is 2.55 bits per heavy atom. The zero-order chi connectivity index (χ0) is 14.1. The first-order valence-electron chi connectivity index (χ1n) is 5.93. The van der Waals surface area contributed by atoms with Gasteiger partial charge in [0.25, 0.3) is 0 Å². The van der Waals surface area contributed by atoms with Crippen molar-refractivity contribution in [1.29, 1.82) is 0 Å². The minimum absolute atomic E-state index is 0.0221. The highest BCUT2D eigenvalue weighted by molar-refractivity contribution is 5.86. The highest BCUT2D eigenvalue weighted by Crippen LogP contribution is 2.37. The van der Waals surface area contributed by atoms with Crippen LogP contribution in [0.3, 0.4) is 0 Å². The maximum absolute atomic E-state index is 13.9. The maximum atomic E-state index is 13.9. The van der Waals surface area contributed by atoms with E-state index in [0.29, 0.717) is 11.1 Å². The summed E-state index contributed by atoms with van der Waals surface area (Å²) in [6.45, 7) is 0. The lowest BCUT2D eigenvalue weighted by Gasteiger charge is -2.04. The molecule has 3 aromatic rings. The van der Waals surface area contributed by atoms with Gasteiger partial charge >= 0.3 is 0 Å². The van der Waals surface area contributed by atoms with Gasteiger partial charge in [0.1, 0.15) is 17.3 Å². The van der Waals surface area contributed by atoms with Gasteiger partial charge in [-0.15, -0.1) is 0 Å². The summed E-state index contributed by atoms with van der Waals surface area (Å²) in [5.41, 5.74) is 7.12. The maximum Gasteiger partial charge on any atom is 0.230 e. The average Bonchev–Trinajstić information content (AvgIpc) is 2.81. The molecule has 0 aliphatic heterocycles. The van der Waals surface area contributed by atoms with Gasteiger partial charge < -0.3 is 10.3 Å². The average molecular weight is 272 g/mol. The van der Waals surface area contributed by atoms with Crippen molar-refractivity contribution >= 4 is 5.88 Å². The van der Waals surface area contributed by atoms with E-state index >= 15 is 0 Å². The van der Waals surface area contributed by atoms with Crippen LogP contribution in [0, 0.1) is 11.6 Å². The highest BCUT2D eigenvalue weighted by atomic mass is 19.1. The van der Waals surface area contributed by atoms with Crippen molar-refractivity contribution in [3.63, 3.8) is 0 Å². The molecule has 0 saturated heterocycles. The summed E-state index contributed by atoms with van der Waals surface area (Å²) < 4.78 is 32.1. The molecule has 0 radical (unpaired) electrons. The van der Waals surface area contributed by atoms with Crippen molar-refractivity contribution in [3.05, 3.63) is 60.2 Å². The molecule has 0 fully saturated rings. The number of halogens is 2. The Balaban J connectivity index is 2.23. The van der Waals surface area contributed by atoms with Gasteiger partial charge in [-0.25, -0.2) is 8.78 Å². The summed E-state index contributed by atoms with van der Waals surface area (Å²) in [7, 11) is 0. The highest BCUT2D eigenvalue weighted by Gasteiger charge is 2.19. The Bertz CT molecular complexity index is 768. The van der Waals surface area contributed by atoms with Gasteiger partial charge in [-0.2, -0.15) is 0 Å². The fraction of sp³-hybridized carbons (Fsp3) is 0. The molecule has 5 heteroatoms. The molecule has 1 aromatic heterocycles. The zero-order valence-electron chi connectivity index (χ0n) is 10.3. The number of hydrogen-bond donors (Lipinski definition) is 1. The van der Waals surface area contributed by atoms with E-state index in [4.69, 9.17) is 10.3 Å². The number of nitrogens with zero attached hydrogens (tertiary/aromatic N) is 1. The summed E-state index contributed by atoms with van der Waals surface area (Å²) in [6, 6.07) is 12.0. The molecule has 0 bridgehead atoms. The van der Waals surface area contributed by atoms with Crippen molar-refractivity contribution in [2.45, 2.75) is 0 Å². The lowest BCUT2D eigenvalue weighted by atomic mass is 10.0. The van der Waals surface area contributed by atoms with Gasteiger partial charge in [-0.05, 0) is 29.8 Å². The van der Waals surface area contributed by atoms with E-state index in [1.807, 2.05) is 0 Å². The number of nitrogens with two attached hydrogens (primary N) is 1. The molecule has 0 unspecified atom stereocenters. The Labute approximate surface area is 113 Å². The molecule has 0 atom stereocenters. The molecule has 0 aliphatic rings. The molecule has 20 heavy (non-hydrogen) atoms. The lowest BCUT2D eigenvalue weighted by molar-refractivity contribution is 0.439. The molecular weight excluding hydrogens is 262 g/mol. The fourth-order valence-corrected chi connectivity index (χ4v) is 2.06. The topological polar surface area (TPSA) is 52.0 Å². The number of nitrogen functional groups attached to an aromatic ring is 1. The summed E-state index contributed by atoms with van der Waals surface area (Å²) in [6.07, 6.45) is 0. The van der Waals surface area contributed by atoms with Crippen LogP contribution < -0.4 is 5.73 Å². The van der Waals surface area contributed by atoms with Gasteiger partial charge in [0.2, 0.25) is 5.88 Å². The zero-order valence-corrected chi connectivity index (χ0v) is 10.3. The van der Waals surface area contributed by atoms with Gasteiger partial charge in [-0.3, -0.25) is 0 Å². The smallest absolute Gasteiger partial charge is 0.230 e. The molecule has 100 valence electrons. The summed E-state index contributed by atoms with van der Waals surface area (Å²) >= 11 is 0. The molecule has 3 rings (SSSR count). The second-order valence-corrected chi connectivity index (χ2v) is 4.26. The SMILES string of the molecule is Nc1onc(-c2ccccc2F)c1-c1cccc(F)c1. The van der Waals surface area contributed by atoms with Crippen LogP contribution in [-0.4, -0.2) is 5.16 Å². The Morgan fingerprint density at radius 2 is 1.80 bits per heavy atom. The molecule has 0 amide bonds.